The second-order valence-electron chi connectivity index (χ2n) is 6.24. The Hall–Kier alpha value is -0.680. The van der Waals surface area contributed by atoms with Crippen molar-refractivity contribution < 1.29 is 9.59 Å². The lowest BCUT2D eigenvalue weighted by atomic mass is 10.00. The topological polar surface area (TPSA) is 46.2 Å². The van der Waals surface area contributed by atoms with Gasteiger partial charge in [-0.3, -0.25) is 4.79 Å². The third kappa shape index (κ3) is 3.78. The minimum absolute atomic E-state index is 0.121. The summed E-state index contributed by atoms with van der Waals surface area (Å²) < 4.78 is -1.34. The largest absolute Gasteiger partial charge is 0.384 e. The van der Waals surface area contributed by atoms with Crippen molar-refractivity contribution in [3.05, 3.63) is 62.6 Å². The van der Waals surface area contributed by atoms with Gasteiger partial charge >= 0.3 is 0 Å². The van der Waals surface area contributed by atoms with E-state index in [1.165, 1.54) is 12.1 Å². The zero-order valence-electron chi connectivity index (χ0n) is 13.4. The van der Waals surface area contributed by atoms with Crippen LogP contribution in [-0.2, 0) is 4.79 Å². The minimum atomic E-state index is -1.34. The van der Waals surface area contributed by atoms with Crippen LogP contribution in [0.25, 0.3) is 0 Å². The van der Waals surface area contributed by atoms with Crippen LogP contribution >= 0.6 is 69.6 Å². The summed E-state index contributed by atoms with van der Waals surface area (Å²) in [6.07, 6.45) is 0.725. The van der Waals surface area contributed by atoms with Gasteiger partial charge in [0.05, 0.1) is 16.0 Å². The number of rotatable bonds is 6. The Kier molecular flexibility index (Phi) is 5.94. The number of benzene rings is 2. The van der Waals surface area contributed by atoms with Gasteiger partial charge in [-0.1, -0.05) is 58.0 Å². The summed E-state index contributed by atoms with van der Waals surface area (Å²) in [5.74, 6) is -0.504. The van der Waals surface area contributed by atoms with Crippen molar-refractivity contribution in [1.82, 2.24) is 0 Å². The van der Waals surface area contributed by atoms with E-state index < -0.39 is 20.9 Å². The molecule has 1 N–H and O–H groups in total. The van der Waals surface area contributed by atoms with Crippen LogP contribution in [0.1, 0.15) is 21.8 Å². The van der Waals surface area contributed by atoms with E-state index in [-0.39, 0.29) is 17.1 Å². The van der Waals surface area contributed by atoms with Crippen LogP contribution in [-0.4, -0.2) is 22.4 Å². The first-order valence-corrected chi connectivity index (χ1v) is 9.92. The summed E-state index contributed by atoms with van der Waals surface area (Å²) in [6.45, 7) is 0.121. The highest BCUT2D eigenvalue weighted by Gasteiger charge is 2.76. The van der Waals surface area contributed by atoms with E-state index >= 15 is 0 Å². The van der Waals surface area contributed by atoms with Crippen LogP contribution < -0.4 is 5.32 Å². The molecule has 1 aliphatic rings. The van der Waals surface area contributed by atoms with E-state index in [4.69, 9.17) is 69.6 Å². The zero-order chi connectivity index (χ0) is 20.0. The van der Waals surface area contributed by atoms with Crippen molar-refractivity contribution in [3.63, 3.8) is 0 Å². The molecule has 3 nitrogen and oxygen atoms in total. The molecule has 2 aromatic rings. The van der Waals surface area contributed by atoms with Crippen LogP contribution in [0.3, 0.4) is 0 Å². The number of nitrogens with one attached hydrogen (secondary N) is 1. The highest BCUT2D eigenvalue weighted by atomic mass is 35.5. The van der Waals surface area contributed by atoms with E-state index in [9.17, 15) is 9.59 Å². The fraction of sp³-hybridized carbons (Fsp3) is 0.222. The van der Waals surface area contributed by atoms with Gasteiger partial charge in [-0.15, -0.1) is 0 Å². The van der Waals surface area contributed by atoms with E-state index in [0.29, 0.717) is 21.3 Å². The molecule has 3 rings (SSSR count). The number of carbonyl (C=O) groups is 2. The van der Waals surface area contributed by atoms with Crippen LogP contribution in [0.2, 0.25) is 15.1 Å². The number of aldehydes is 1. The van der Waals surface area contributed by atoms with E-state index in [2.05, 4.69) is 5.32 Å². The van der Waals surface area contributed by atoms with Crippen molar-refractivity contribution in [1.29, 1.82) is 0 Å². The first kappa shape index (κ1) is 21.0. The fourth-order valence-electron chi connectivity index (χ4n) is 3.17. The molecule has 9 heteroatoms. The van der Waals surface area contributed by atoms with E-state index in [1.54, 1.807) is 24.3 Å². The molecule has 0 bridgehead atoms. The molecule has 0 aromatic heterocycles. The highest BCUT2D eigenvalue weighted by Crippen LogP contribution is 2.73. The Morgan fingerprint density at radius 3 is 2.26 bits per heavy atom. The third-order valence-corrected chi connectivity index (χ3v) is 6.72. The predicted octanol–water partition coefficient (Wildman–Crippen LogP) is 6.59. The standard InChI is InChI=1S/C18H11Cl6NO2/c19-10-3-9(4-11(20)5-10)15-17(8-26,18(15,23)24)7-25-12-1-2-14(21)13(6-12)16(22)27/h1-6,8,15,25H,7H2. The summed E-state index contributed by atoms with van der Waals surface area (Å²) in [5, 5.41) is 3.46. The van der Waals surface area contributed by atoms with Crippen molar-refractivity contribution in [2.45, 2.75) is 10.3 Å². The number of halogens is 6. The van der Waals surface area contributed by atoms with Crippen LogP contribution in [0.15, 0.2) is 36.4 Å². The summed E-state index contributed by atoms with van der Waals surface area (Å²) in [7, 11) is 0. The average molecular weight is 486 g/mol. The normalized spacial score (nSPS) is 23.0. The monoisotopic (exact) mass is 483 g/mol. The second-order valence-corrected chi connectivity index (χ2v) is 9.25. The molecule has 1 saturated carbocycles. The van der Waals surface area contributed by atoms with Gasteiger partial charge in [-0.05, 0) is 53.6 Å². The van der Waals surface area contributed by atoms with Crippen LogP contribution in [0.4, 0.5) is 5.69 Å². The Morgan fingerprint density at radius 1 is 1.07 bits per heavy atom. The molecule has 0 heterocycles. The minimum Gasteiger partial charge on any atom is -0.384 e. The van der Waals surface area contributed by atoms with Gasteiger partial charge in [0.2, 0.25) is 0 Å². The van der Waals surface area contributed by atoms with Crippen molar-refractivity contribution in [2.24, 2.45) is 5.41 Å². The second kappa shape index (κ2) is 7.62. The first-order chi connectivity index (χ1) is 12.6. The van der Waals surface area contributed by atoms with Gasteiger partial charge in [0, 0.05) is 28.2 Å². The predicted molar refractivity (Wildman–Crippen MR) is 112 cm³/mol. The maximum absolute atomic E-state index is 11.9. The van der Waals surface area contributed by atoms with E-state index in [1.807, 2.05) is 0 Å². The Bertz CT molecular complexity index is 912. The lowest BCUT2D eigenvalue weighted by molar-refractivity contribution is -0.112. The number of carbonyl (C=O) groups excluding carboxylic acids is 2. The molecule has 0 spiro atoms. The summed E-state index contributed by atoms with van der Waals surface area (Å²) >= 11 is 36.5. The Labute approximate surface area is 185 Å². The quantitative estimate of drug-likeness (QED) is 0.285. The average Bonchev–Trinajstić information content (AvgIpc) is 3.08. The molecule has 142 valence electrons. The number of alkyl halides is 2. The maximum Gasteiger partial charge on any atom is 0.253 e. The molecule has 1 aliphatic carbocycles. The molecular formula is C18H11Cl6NO2. The molecule has 2 aromatic carbocycles. The molecule has 0 aliphatic heterocycles. The third-order valence-electron chi connectivity index (χ3n) is 4.61. The molecule has 27 heavy (non-hydrogen) atoms. The molecule has 2 unspecified atom stereocenters. The van der Waals surface area contributed by atoms with Crippen molar-refractivity contribution in [3.8, 4) is 0 Å². The number of hydrogen-bond acceptors (Lipinski definition) is 3. The molecule has 0 saturated heterocycles. The molecular weight excluding hydrogens is 475 g/mol. The van der Waals surface area contributed by atoms with E-state index in [0.717, 1.165) is 6.29 Å². The first-order valence-electron chi connectivity index (χ1n) is 7.66. The number of anilines is 1. The van der Waals surface area contributed by atoms with Crippen molar-refractivity contribution in [2.75, 3.05) is 11.9 Å². The fourth-order valence-corrected chi connectivity index (χ4v) is 5.09. The summed E-state index contributed by atoms with van der Waals surface area (Å²) in [4.78, 5) is 23.4. The molecule has 2 atom stereocenters. The maximum atomic E-state index is 11.9. The molecule has 1 fully saturated rings. The van der Waals surface area contributed by atoms with Gasteiger partial charge in [-0.2, -0.15) is 0 Å². The SMILES string of the molecule is O=CC1(CNc2ccc(Cl)c(C(=O)Cl)c2)C(c2cc(Cl)cc(Cl)c2)C1(Cl)Cl. The van der Waals surface area contributed by atoms with Gasteiger partial charge < -0.3 is 10.1 Å². The smallest absolute Gasteiger partial charge is 0.253 e. The Balaban J connectivity index is 1.87. The van der Waals surface area contributed by atoms with Gasteiger partial charge in [0.1, 0.15) is 10.6 Å². The molecule has 0 amide bonds. The van der Waals surface area contributed by atoms with Gasteiger partial charge in [0.15, 0.2) is 0 Å². The molecule has 0 radical (unpaired) electrons. The summed E-state index contributed by atoms with van der Waals surface area (Å²) in [6, 6.07) is 9.61. The van der Waals surface area contributed by atoms with Gasteiger partial charge in [0.25, 0.3) is 5.24 Å². The Morgan fingerprint density at radius 2 is 1.70 bits per heavy atom. The summed E-state index contributed by atoms with van der Waals surface area (Å²) in [5.41, 5.74) is 0.262. The number of hydrogen-bond donors (Lipinski definition) is 1. The zero-order valence-corrected chi connectivity index (χ0v) is 17.9. The van der Waals surface area contributed by atoms with Crippen molar-refractivity contribution >= 4 is 86.8 Å². The highest BCUT2D eigenvalue weighted by molar-refractivity contribution is 6.68. The van der Waals surface area contributed by atoms with Crippen LogP contribution in [0, 0.1) is 5.41 Å². The lowest BCUT2D eigenvalue weighted by Crippen LogP contribution is -2.23. The lowest BCUT2D eigenvalue weighted by Gasteiger charge is -2.14. The van der Waals surface area contributed by atoms with Crippen LogP contribution in [0.5, 0.6) is 0 Å². The van der Waals surface area contributed by atoms with Gasteiger partial charge in [-0.25, -0.2) is 0 Å².